The smallest absolute Gasteiger partial charge is 0.436 e. The molecule has 0 amide bonds. The zero-order chi connectivity index (χ0) is 25.0. The van der Waals surface area contributed by atoms with Gasteiger partial charge in [0.1, 0.15) is 22.9 Å². The lowest BCUT2D eigenvalue weighted by molar-refractivity contribution is -0.142. The molecule has 1 heterocycles. The normalized spacial score (nSPS) is 11.5. The van der Waals surface area contributed by atoms with Gasteiger partial charge in [-0.2, -0.15) is 18.3 Å². The molecule has 182 valence electrons. The highest BCUT2D eigenvalue weighted by atomic mass is 19.4. The first-order valence-corrected chi connectivity index (χ1v) is 11.2. The van der Waals surface area contributed by atoms with Crippen molar-refractivity contribution in [2.24, 2.45) is 0 Å². The van der Waals surface area contributed by atoms with Crippen molar-refractivity contribution in [2.75, 3.05) is 6.61 Å². The minimum Gasteiger partial charge on any atom is -0.507 e. The van der Waals surface area contributed by atoms with Crippen LogP contribution in [0.25, 0.3) is 11.3 Å². The molecule has 5 nitrogen and oxygen atoms in total. The number of aromatic hydroxyl groups is 1. The van der Waals surface area contributed by atoms with E-state index < -0.39 is 17.6 Å². The number of aromatic nitrogens is 2. The largest absolute Gasteiger partial charge is 0.507 e. The number of H-pyrrole nitrogens is 1. The fourth-order valence-corrected chi connectivity index (χ4v) is 3.67. The lowest BCUT2D eigenvalue weighted by Crippen LogP contribution is -2.07. The van der Waals surface area contributed by atoms with Crippen LogP contribution < -0.4 is 9.47 Å². The molecule has 0 atom stereocenters. The summed E-state index contributed by atoms with van der Waals surface area (Å²) in [7, 11) is 0. The zero-order valence-corrected chi connectivity index (χ0v) is 19.3. The van der Waals surface area contributed by atoms with E-state index in [4.69, 9.17) is 9.47 Å². The van der Waals surface area contributed by atoms with Crippen LogP contribution in [-0.4, -0.2) is 21.9 Å². The molecule has 35 heavy (non-hydrogen) atoms. The topological polar surface area (TPSA) is 67.4 Å². The van der Waals surface area contributed by atoms with Gasteiger partial charge in [-0.25, -0.2) is 0 Å². The maximum Gasteiger partial charge on any atom is 0.436 e. The van der Waals surface area contributed by atoms with Gasteiger partial charge in [0.2, 0.25) is 0 Å². The summed E-state index contributed by atoms with van der Waals surface area (Å²) in [6, 6.07) is 19.2. The Kier molecular flexibility index (Phi) is 7.00. The third kappa shape index (κ3) is 5.77. The average Bonchev–Trinajstić information content (AvgIpc) is 3.23. The molecule has 0 saturated carbocycles. The number of phenolic OH excluding ortho intramolecular Hbond substituents is 1. The fraction of sp³-hybridized carbons (Fsp3) is 0.222. The van der Waals surface area contributed by atoms with Crippen molar-refractivity contribution < 1.29 is 27.8 Å². The quantitative estimate of drug-likeness (QED) is 0.281. The van der Waals surface area contributed by atoms with E-state index in [1.807, 2.05) is 37.1 Å². The van der Waals surface area contributed by atoms with E-state index in [1.54, 1.807) is 30.3 Å². The number of aromatic amines is 1. The van der Waals surface area contributed by atoms with Crippen molar-refractivity contribution in [1.82, 2.24) is 10.2 Å². The summed E-state index contributed by atoms with van der Waals surface area (Å²) >= 11 is 0. The molecule has 8 heteroatoms. The van der Waals surface area contributed by atoms with Gasteiger partial charge < -0.3 is 14.6 Å². The predicted octanol–water partition coefficient (Wildman–Crippen LogP) is 7.09. The van der Waals surface area contributed by atoms with Crippen molar-refractivity contribution in [3.8, 4) is 34.3 Å². The van der Waals surface area contributed by atoms with Crippen LogP contribution in [0.15, 0.2) is 66.7 Å². The fourth-order valence-electron chi connectivity index (χ4n) is 3.67. The third-order valence-corrected chi connectivity index (χ3v) is 5.52. The molecule has 0 saturated heterocycles. The third-order valence-electron chi connectivity index (χ3n) is 5.52. The van der Waals surface area contributed by atoms with Crippen LogP contribution >= 0.6 is 0 Å². The molecule has 0 unspecified atom stereocenters. The molecule has 4 rings (SSSR count). The molecule has 0 aliphatic rings. The van der Waals surface area contributed by atoms with Crippen molar-refractivity contribution in [3.63, 3.8) is 0 Å². The number of phenols is 1. The second-order valence-corrected chi connectivity index (χ2v) is 8.14. The van der Waals surface area contributed by atoms with E-state index in [0.29, 0.717) is 18.8 Å². The van der Waals surface area contributed by atoms with Crippen LogP contribution in [0.4, 0.5) is 13.2 Å². The van der Waals surface area contributed by atoms with E-state index in [2.05, 4.69) is 11.2 Å². The highest BCUT2D eigenvalue weighted by Crippen LogP contribution is 2.45. The molecule has 4 aromatic rings. The van der Waals surface area contributed by atoms with Crippen molar-refractivity contribution >= 4 is 0 Å². The predicted molar refractivity (Wildman–Crippen MR) is 127 cm³/mol. The highest BCUT2D eigenvalue weighted by molar-refractivity contribution is 5.74. The van der Waals surface area contributed by atoms with Gasteiger partial charge in [-0.3, -0.25) is 5.10 Å². The molecule has 0 radical (unpaired) electrons. The second-order valence-electron chi connectivity index (χ2n) is 8.14. The summed E-state index contributed by atoms with van der Waals surface area (Å²) in [6.07, 6.45) is -3.26. The van der Waals surface area contributed by atoms with Gasteiger partial charge in [0.25, 0.3) is 0 Å². The molecule has 0 fully saturated rings. The molecule has 0 spiro atoms. The number of hydrogen-bond acceptors (Lipinski definition) is 4. The summed E-state index contributed by atoms with van der Waals surface area (Å²) in [5.41, 5.74) is 2.10. The van der Waals surface area contributed by atoms with Crippen LogP contribution in [0.1, 0.15) is 29.3 Å². The zero-order valence-electron chi connectivity index (χ0n) is 19.3. The number of benzene rings is 3. The van der Waals surface area contributed by atoms with Gasteiger partial charge in [-0.15, -0.1) is 0 Å². The molecular weight excluding hydrogens is 457 g/mol. The number of hydrogen-bond donors (Lipinski definition) is 2. The maximum atomic E-state index is 13.6. The van der Waals surface area contributed by atoms with Gasteiger partial charge in [-0.1, -0.05) is 48.9 Å². The Morgan fingerprint density at radius 2 is 1.69 bits per heavy atom. The van der Waals surface area contributed by atoms with E-state index in [1.165, 1.54) is 12.1 Å². The Hall–Kier alpha value is -3.94. The first-order valence-electron chi connectivity index (χ1n) is 11.2. The Balaban J connectivity index is 1.57. The lowest BCUT2D eigenvalue weighted by atomic mass is 10.1. The number of aryl methyl sites for hydroxylation is 2. The first kappa shape index (κ1) is 24.2. The summed E-state index contributed by atoms with van der Waals surface area (Å²) in [5.74, 6) is -0.163. The SMILES string of the molecule is CCc1ccc(Oc2c(-c3ccc(OCCc4cccc(C)c4)cc3O)n[nH]c2C(F)(F)F)cc1. The number of rotatable bonds is 8. The van der Waals surface area contributed by atoms with Crippen LogP contribution in [0.5, 0.6) is 23.0 Å². The summed E-state index contributed by atoms with van der Waals surface area (Å²) in [4.78, 5) is 0. The Morgan fingerprint density at radius 3 is 2.34 bits per heavy atom. The molecule has 0 bridgehead atoms. The van der Waals surface area contributed by atoms with Crippen molar-refractivity contribution in [2.45, 2.75) is 32.9 Å². The van der Waals surface area contributed by atoms with Crippen LogP contribution in [0.2, 0.25) is 0 Å². The summed E-state index contributed by atoms with van der Waals surface area (Å²) in [5, 5.41) is 16.4. The van der Waals surface area contributed by atoms with Gasteiger partial charge in [-0.05, 0) is 48.7 Å². The molecule has 2 N–H and O–H groups in total. The summed E-state index contributed by atoms with van der Waals surface area (Å²) in [6.45, 7) is 4.37. The highest BCUT2D eigenvalue weighted by Gasteiger charge is 2.39. The monoisotopic (exact) mass is 482 g/mol. The molecule has 0 aliphatic carbocycles. The van der Waals surface area contributed by atoms with E-state index in [9.17, 15) is 18.3 Å². The minimum atomic E-state index is -4.72. The number of ether oxygens (including phenoxy) is 2. The van der Waals surface area contributed by atoms with Gasteiger partial charge in [0, 0.05) is 18.1 Å². The van der Waals surface area contributed by atoms with E-state index in [-0.39, 0.29) is 22.8 Å². The van der Waals surface area contributed by atoms with Crippen LogP contribution in [0, 0.1) is 6.92 Å². The number of alkyl halides is 3. The maximum absolute atomic E-state index is 13.6. The number of nitrogens with one attached hydrogen (secondary N) is 1. The minimum absolute atomic E-state index is 0.0861. The van der Waals surface area contributed by atoms with Crippen LogP contribution in [0.3, 0.4) is 0 Å². The standard InChI is InChI=1S/C27H25F3N2O3/c1-3-18-7-9-20(10-8-18)35-25-24(31-32-26(25)27(28,29)30)22-12-11-21(16-23(22)33)34-14-13-19-6-4-5-17(2)15-19/h4-12,15-16,33H,3,13-14H2,1-2H3,(H,31,32). The van der Waals surface area contributed by atoms with Gasteiger partial charge >= 0.3 is 6.18 Å². The second kappa shape index (κ2) is 10.1. The van der Waals surface area contributed by atoms with Gasteiger partial charge in [0.15, 0.2) is 11.4 Å². The van der Waals surface area contributed by atoms with Crippen LogP contribution in [-0.2, 0) is 19.0 Å². The number of nitrogens with zero attached hydrogens (tertiary/aromatic N) is 1. The molecule has 1 aromatic heterocycles. The van der Waals surface area contributed by atoms with Gasteiger partial charge in [0.05, 0.1) is 6.61 Å². The Morgan fingerprint density at radius 1 is 0.943 bits per heavy atom. The molecule has 0 aliphatic heterocycles. The Bertz CT molecular complexity index is 1300. The van der Waals surface area contributed by atoms with E-state index in [0.717, 1.165) is 23.1 Å². The first-order chi connectivity index (χ1) is 16.7. The van der Waals surface area contributed by atoms with Crippen molar-refractivity contribution in [1.29, 1.82) is 0 Å². The summed E-state index contributed by atoms with van der Waals surface area (Å²) < 4.78 is 52.2. The van der Waals surface area contributed by atoms with Crippen molar-refractivity contribution in [3.05, 3.63) is 89.1 Å². The van der Waals surface area contributed by atoms with E-state index >= 15 is 0 Å². The average molecular weight is 483 g/mol. The number of halogens is 3. The molecule has 3 aromatic carbocycles. The Labute approximate surface area is 201 Å². The molecular formula is C27H25F3N2O3. The lowest BCUT2D eigenvalue weighted by Gasteiger charge is -2.12.